The number of nitro groups is 1. The van der Waals surface area contributed by atoms with Gasteiger partial charge in [-0.1, -0.05) is 0 Å². The zero-order valence-corrected chi connectivity index (χ0v) is 10.3. The Kier molecular flexibility index (Phi) is 3.76. The Morgan fingerprint density at radius 3 is 2.90 bits per heavy atom. The average molecular weight is 276 g/mol. The number of nitrogens with one attached hydrogen (secondary N) is 1. The highest BCUT2D eigenvalue weighted by Gasteiger charge is 2.20. The van der Waals surface area contributed by atoms with Crippen molar-refractivity contribution in [2.75, 3.05) is 11.9 Å². The number of primary amides is 1. The van der Waals surface area contributed by atoms with E-state index in [9.17, 15) is 20.0 Å². The van der Waals surface area contributed by atoms with Gasteiger partial charge in [0.2, 0.25) is 5.91 Å². The second kappa shape index (κ2) is 5.49. The van der Waals surface area contributed by atoms with Crippen LogP contribution in [-0.4, -0.2) is 33.6 Å². The maximum atomic E-state index is 11.2. The third-order valence-electron chi connectivity index (χ3n) is 2.75. The summed E-state index contributed by atoms with van der Waals surface area (Å²) in [7, 11) is 0. The first-order valence-electron chi connectivity index (χ1n) is 5.74. The molecule has 0 fully saturated rings. The van der Waals surface area contributed by atoms with Gasteiger partial charge in [-0.2, -0.15) is 0 Å². The number of hydrogen-bond acceptors (Lipinski definition) is 6. The second-order valence-electron chi connectivity index (χ2n) is 4.09. The smallest absolute Gasteiger partial charge is 0.301 e. The molecule has 0 aliphatic rings. The molecule has 8 nitrogen and oxygen atoms in total. The third kappa shape index (κ3) is 2.64. The Balaban J connectivity index is 2.40. The summed E-state index contributed by atoms with van der Waals surface area (Å²) in [6, 6.07) is 6.26. The Hall–Kier alpha value is -2.74. The van der Waals surface area contributed by atoms with E-state index in [1.165, 1.54) is 12.3 Å². The number of pyridine rings is 1. The van der Waals surface area contributed by atoms with Crippen molar-refractivity contribution in [3.8, 4) is 0 Å². The lowest BCUT2D eigenvalue weighted by molar-refractivity contribution is -0.382. The predicted octanol–water partition coefficient (Wildman–Crippen LogP) is 0.401. The van der Waals surface area contributed by atoms with Crippen molar-refractivity contribution in [2.24, 2.45) is 5.73 Å². The lowest BCUT2D eigenvalue weighted by Gasteiger charge is -2.11. The summed E-state index contributed by atoms with van der Waals surface area (Å²) in [6.45, 7) is -0.206. The molecule has 2 rings (SSSR count). The Bertz CT molecular complexity index is 674. The minimum atomic E-state index is -1.42. The monoisotopic (exact) mass is 276 g/mol. The first-order chi connectivity index (χ1) is 9.50. The Morgan fingerprint density at radius 1 is 1.50 bits per heavy atom. The van der Waals surface area contributed by atoms with Crippen molar-refractivity contribution >= 4 is 28.2 Å². The zero-order valence-electron chi connectivity index (χ0n) is 10.3. The van der Waals surface area contributed by atoms with Crippen molar-refractivity contribution in [3.63, 3.8) is 0 Å². The molecule has 20 heavy (non-hydrogen) atoms. The van der Waals surface area contributed by atoms with E-state index in [1.54, 1.807) is 18.2 Å². The molecular formula is C12H12N4O4. The van der Waals surface area contributed by atoms with Crippen molar-refractivity contribution in [3.05, 3.63) is 40.6 Å². The normalized spacial score (nSPS) is 12.1. The average Bonchev–Trinajstić information content (AvgIpc) is 2.43. The SMILES string of the molecule is NC(=O)C(O)CNc1ccc2ncccc2c1[N+](=O)[O-]. The third-order valence-corrected chi connectivity index (χ3v) is 2.75. The van der Waals surface area contributed by atoms with Gasteiger partial charge in [0.25, 0.3) is 0 Å². The maximum absolute atomic E-state index is 11.2. The van der Waals surface area contributed by atoms with Crippen LogP contribution in [0.25, 0.3) is 10.9 Å². The van der Waals surface area contributed by atoms with E-state index in [0.717, 1.165) is 0 Å². The van der Waals surface area contributed by atoms with Crippen molar-refractivity contribution < 1.29 is 14.8 Å². The van der Waals surface area contributed by atoms with Crippen LogP contribution in [0.4, 0.5) is 11.4 Å². The number of amides is 1. The topological polar surface area (TPSA) is 131 Å². The molecule has 0 spiro atoms. The highest BCUT2D eigenvalue weighted by Crippen LogP contribution is 2.32. The van der Waals surface area contributed by atoms with Crippen LogP contribution in [0.3, 0.4) is 0 Å². The summed E-state index contributed by atoms with van der Waals surface area (Å²) in [5, 5.41) is 23.5. The van der Waals surface area contributed by atoms with Gasteiger partial charge in [0.05, 0.1) is 22.4 Å². The van der Waals surface area contributed by atoms with Gasteiger partial charge < -0.3 is 16.2 Å². The molecule has 1 aromatic heterocycles. The fraction of sp³-hybridized carbons (Fsp3) is 0.167. The lowest BCUT2D eigenvalue weighted by atomic mass is 10.1. The molecule has 1 atom stereocenters. The van der Waals surface area contributed by atoms with Gasteiger partial charge in [0, 0.05) is 6.20 Å². The van der Waals surface area contributed by atoms with E-state index < -0.39 is 16.9 Å². The number of aliphatic hydroxyl groups excluding tert-OH is 1. The van der Waals surface area contributed by atoms with E-state index in [1.807, 2.05) is 0 Å². The molecule has 0 bridgehead atoms. The second-order valence-corrected chi connectivity index (χ2v) is 4.09. The number of anilines is 1. The van der Waals surface area contributed by atoms with Crippen LogP contribution in [0, 0.1) is 10.1 Å². The fourth-order valence-corrected chi connectivity index (χ4v) is 1.78. The van der Waals surface area contributed by atoms with Crippen LogP contribution in [0.5, 0.6) is 0 Å². The number of nitro benzene ring substituents is 1. The van der Waals surface area contributed by atoms with Gasteiger partial charge in [0.15, 0.2) is 0 Å². The molecule has 1 heterocycles. The first kappa shape index (κ1) is 13.7. The van der Waals surface area contributed by atoms with Crippen LogP contribution in [0.2, 0.25) is 0 Å². The summed E-state index contributed by atoms with van der Waals surface area (Å²) in [6.07, 6.45) is 0.120. The largest absolute Gasteiger partial charge is 0.381 e. The van der Waals surface area contributed by atoms with Crippen LogP contribution in [-0.2, 0) is 4.79 Å². The number of aliphatic hydroxyl groups is 1. The van der Waals surface area contributed by atoms with Crippen LogP contribution < -0.4 is 11.1 Å². The highest BCUT2D eigenvalue weighted by atomic mass is 16.6. The molecule has 4 N–H and O–H groups in total. The quantitative estimate of drug-likeness (QED) is 0.535. The molecule has 8 heteroatoms. The van der Waals surface area contributed by atoms with E-state index in [-0.39, 0.29) is 17.9 Å². The number of hydrogen-bond donors (Lipinski definition) is 3. The molecular weight excluding hydrogens is 264 g/mol. The molecule has 1 amide bonds. The van der Waals surface area contributed by atoms with Gasteiger partial charge in [-0.3, -0.25) is 19.9 Å². The van der Waals surface area contributed by atoms with Crippen LogP contribution in [0.1, 0.15) is 0 Å². The van der Waals surface area contributed by atoms with E-state index in [0.29, 0.717) is 10.9 Å². The van der Waals surface area contributed by atoms with Crippen molar-refractivity contribution in [2.45, 2.75) is 6.10 Å². The van der Waals surface area contributed by atoms with E-state index >= 15 is 0 Å². The van der Waals surface area contributed by atoms with Gasteiger partial charge >= 0.3 is 5.69 Å². The van der Waals surface area contributed by atoms with Crippen molar-refractivity contribution in [1.29, 1.82) is 0 Å². The summed E-state index contributed by atoms with van der Waals surface area (Å²) < 4.78 is 0. The summed E-state index contributed by atoms with van der Waals surface area (Å²) in [5.74, 6) is -0.900. The number of fused-ring (bicyclic) bond motifs is 1. The molecule has 1 unspecified atom stereocenters. The molecule has 0 saturated carbocycles. The first-order valence-corrected chi connectivity index (χ1v) is 5.74. The van der Waals surface area contributed by atoms with Gasteiger partial charge in [-0.05, 0) is 24.3 Å². The summed E-state index contributed by atoms with van der Waals surface area (Å²) in [4.78, 5) is 25.4. The number of benzene rings is 1. The number of aromatic nitrogens is 1. The number of nitrogens with zero attached hydrogens (tertiary/aromatic N) is 2. The van der Waals surface area contributed by atoms with Gasteiger partial charge in [-0.15, -0.1) is 0 Å². The van der Waals surface area contributed by atoms with Crippen LogP contribution in [0.15, 0.2) is 30.5 Å². The summed E-state index contributed by atoms with van der Waals surface area (Å²) in [5.41, 5.74) is 5.43. The minimum absolute atomic E-state index is 0.160. The Labute approximate surface area is 113 Å². The fourth-order valence-electron chi connectivity index (χ4n) is 1.78. The molecule has 2 aromatic rings. The molecule has 0 aliphatic heterocycles. The molecule has 1 aromatic carbocycles. The number of carbonyl (C=O) groups excluding carboxylic acids is 1. The molecule has 104 valence electrons. The molecule has 0 saturated heterocycles. The molecule has 0 aliphatic carbocycles. The highest BCUT2D eigenvalue weighted by molar-refractivity contribution is 5.94. The zero-order chi connectivity index (χ0) is 14.7. The van der Waals surface area contributed by atoms with Crippen molar-refractivity contribution in [1.82, 2.24) is 4.98 Å². The molecule has 0 radical (unpaired) electrons. The summed E-state index contributed by atoms with van der Waals surface area (Å²) >= 11 is 0. The number of carbonyl (C=O) groups is 1. The van der Waals surface area contributed by atoms with E-state index in [2.05, 4.69) is 10.3 Å². The van der Waals surface area contributed by atoms with Gasteiger partial charge in [-0.25, -0.2) is 0 Å². The lowest BCUT2D eigenvalue weighted by Crippen LogP contribution is -2.34. The maximum Gasteiger partial charge on any atom is 0.301 e. The number of rotatable bonds is 5. The van der Waals surface area contributed by atoms with Gasteiger partial charge in [0.1, 0.15) is 11.8 Å². The Morgan fingerprint density at radius 2 is 2.25 bits per heavy atom. The van der Waals surface area contributed by atoms with Crippen LogP contribution >= 0.6 is 0 Å². The number of nitrogens with two attached hydrogens (primary N) is 1. The van der Waals surface area contributed by atoms with E-state index in [4.69, 9.17) is 5.73 Å². The predicted molar refractivity (Wildman–Crippen MR) is 72.1 cm³/mol. The minimum Gasteiger partial charge on any atom is -0.381 e. The standard InChI is InChI=1S/C12H12N4O4/c13-12(18)10(17)6-15-9-4-3-8-7(2-1-5-14-8)11(9)16(19)20/h1-5,10,15,17H,6H2,(H2,13,18).